The second-order valence-corrected chi connectivity index (χ2v) is 14.4. The summed E-state index contributed by atoms with van der Waals surface area (Å²) in [6.45, 7) is 5.74. The van der Waals surface area contributed by atoms with Crippen molar-refractivity contribution >= 4 is 11.8 Å². The molecule has 2 saturated carbocycles. The number of fused-ring (bicyclic) bond motifs is 4. The lowest BCUT2D eigenvalue weighted by atomic mass is 9.52. The maximum atomic E-state index is 13.0. The second kappa shape index (κ2) is 11.9. The molecule has 0 spiro atoms. The predicted molar refractivity (Wildman–Crippen MR) is 153 cm³/mol. The molecule has 0 aromatic heterocycles. The first kappa shape index (κ1) is 31.3. The molecule has 2 heterocycles. The topological polar surface area (TPSA) is 163 Å². The summed E-state index contributed by atoms with van der Waals surface area (Å²) < 4.78 is 17.3. The van der Waals surface area contributed by atoms with E-state index in [4.69, 9.17) is 14.2 Å². The minimum Gasteiger partial charge on any atom is -0.458 e. The largest absolute Gasteiger partial charge is 0.458 e. The first-order valence-electron chi connectivity index (χ1n) is 16.2. The number of cyclic esters (lactones) is 1. The fourth-order valence-electron chi connectivity index (χ4n) is 9.90. The molecule has 4 aliphatic carbocycles. The van der Waals surface area contributed by atoms with E-state index in [-0.39, 0.29) is 42.2 Å². The van der Waals surface area contributed by atoms with Crippen LogP contribution < -0.4 is 0 Å². The standard InChI is InChI=1S/C33H48O10/c1-15-18(14-41-32-30(39)29(38)28(37)26(13-34)43-32)11-25(42-31(15)40)16(2)22-6-7-23-20-5-4-17-10-19(35)12-24(36)27(17)21(20)8-9-33(22,23)3/h16,19-23,25-26,28-30,32,34-35,37-39H,4-14H2,1-3H3. The van der Waals surface area contributed by atoms with Crippen LogP contribution in [0.5, 0.6) is 0 Å². The maximum absolute atomic E-state index is 13.0. The van der Waals surface area contributed by atoms with Crippen molar-refractivity contribution in [1.82, 2.24) is 0 Å². The van der Waals surface area contributed by atoms with E-state index < -0.39 is 43.4 Å². The Bertz CT molecular complexity index is 1180. The zero-order chi connectivity index (χ0) is 30.8. The van der Waals surface area contributed by atoms with Crippen molar-refractivity contribution in [3.8, 4) is 0 Å². The number of hydrogen-bond donors (Lipinski definition) is 5. The van der Waals surface area contributed by atoms with Crippen molar-refractivity contribution in [2.75, 3.05) is 13.2 Å². The first-order chi connectivity index (χ1) is 20.4. The van der Waals surface area contributed by atoms with Crippen molar-refractivity contribution in [3.05, 3.63) is 22.3 Å². The van der Waals surface area contributed by atoms with Crippen LogP contribution in [-0.4, -0.2) is 93.4 Å². The molecule has 10 nitrogen and oxygen atoms in total. The maximum Gasteiger partial charge on any atom is 0.334 e. The van der Waals surface area contributed by atoms with Crippen LogP contribution in [0.25, 0.3) is 0 Å². The van der Waals surface area contributed by atoms with Gasteiger partial charge in [-0.05, 0) is 98.0 Å². The van der Waals surface area contributed by atoms with Crippen molar-refractivity contribution in [3.63, 3.8) is 0 Å². The van der Waals surface area contributed by atoms with Crippen LogP contribution in [0.1, 0.15) is 78.6 Å². The van der Waals surface area contributed by atoms with Gasteiger partial charge in [-0.1, -0.05) is 19.4 Å². The van der Waals surface area contributed by atoms with Crippen LogP contribution in [0.2, 0.25) is 0 Å². The molecular formula is C33H48O10. The summed E-state index contributed by atoms with van der Waals surface area (Å²) in [7, 11) is 0. The first-order valence-corrected chi connectivity index (χ1v) is 16.2. The molecule has 0 aromatic carbocycles. The number of rotatable bonds is 6. The van der Waals surface area contributed by atoms with Gasteiger partial charge in [-0.15, -0.1) is 0 Å². The van der Waals surface area contributed by atoms with Gasteiger partial charge in [0.15, 0.2) is 12.1 Å². The van der Waals surface area contributed by atoms with Crippen LogP contribution >= 0.6 is 0 Å². The Morgan fingerprint density at radius 2 is 1.77 bits per heavy atom. The average Bonchev–Trinajstić information content (AvgIpc) is 3.33. The Labute approximate surface area is 253 Å². The number of carbonyl (C=O) groups is 2. The smallest absolute Gasteiger partial charge is 0.334 e. The molecule has 3 fully saturated rings. The minimum atomic E-state index is -1.53. The van der Waals surface area contributed by atoms with E-state index in [2.05, 4.69) is 13.8 Å². The Hall–Kier alpha value is -1.66. The highest BCUT2D eigenvalue weighted by Gasteiger charge is 2.58. The van der Waals surface area contributed by atoms with Crippen LogP contribution in [0.15, 0.2) is 22.3 Å². The molecule has 10 heteroatoms. The van der Waals surface area contributed by atoms with Crippen LogP contribution in [-0.2, 0) is 23.8 Å². The summed E-state index contributed by atoms with van der Waals surface area (Å²) in [4.78, 5) is 26.0. The van der Waals surface area contributed by atoms with E-state index in [9.17, 15) is 35.1 Å². The monoisotopic (exact) mass is 604 g/mol. The van der Waals surface area contributed by atoms with Gasteiger partial charge in [-0.2, -0.15) is 0 Å². The number of allylic oxidation sites excluding steroid dienone is 1. The van der Waals surface area contributed by atoms with Crippen LogP contribution in [0.3, 0.4) is 0 Å². The zero-order valence-electron chi connectivity index (χ0n) is 25.5. The predicted octanol–water partition coefficient (Wildman–Crippen LogP) is 1.94. The highest BCUT2D eigenvalue weighted by Crippen LogP contribution is 2.64. The van der Waals surface area contributed by atoms with Gasteiger partial charge in [0.2, 0.25) is 0 Å². The van der Waals surface area contributed by atoms with Gasteiger partial charge in [-0.3, -0.25) is 4.79 Å². The summed E-state index contributed by atoms with van der Waals surface area (Å²) >= 11 is 0. The van der Waals surface area contributed by atoms with Crippen molar-refractivity contribution in [1.29, 1.82) is 0 Å². The third-order valence-corrected chi connectivity index (χ3v) is 12.3. The van der Waals surface area contributed by atoms with E-state index >= 15 is 0 Å². The summed E-state index contributed by atoms with van der Waals surface area (Å²) in [5.41, 5.74) is 3.54. The molecule has 6 aliphatic rings. The Kier molecular flexibility index (Phi) is 8.69. The highest BCUT2D eigenvalue weighted by atomic mass is 16.7. The van der Waals surface area contributed by atoms with Gasteiger partial charge >= 0.3 is 5.97 Å². The van der Waals surface area contributed by atoms with Gasteiger partial charge in [0.05, 0.1) is 19.3 Å². The second-order valence-electron chi connectivity index (χ2n) is 14.4. The molecule has 0 radical (unpaired) electrons. The molecule has 6 rings (SSSR count). The molecule has 2 aliphatic heterocycles. The quantitative estimate of drug-likeness (QED) is 0.283. The SMILES string of the molecule is CC1=C(COC2OC(CO)C(O)C(O)C2O)CC(C(C)C2CCC3C4CCC5=C(C(=O)CC(O)C5)C4CCC23C)OC1=O. The number of aliphatic hydroxyl groups excluding tert-OH is 5. The third kappa shape index (κ3) is 5.34. The van der Waals surface area contributed by atoms with E-state index in [1.54, 1.807) is 6.92 Å². The van der Waals surface area contributed by atoms with Crippen molar-refractivity contribution in [2.45, 2.75) is 121 Å². The van der Waals surface area contributed by atoms with Gasteiger partial charge in [-0.25, -0.2) is 4.79 Å². The summed E-state index contributed by atoms with van der Waals surface area (Å²) in [5.74, 6) is 1.54. The number of carbonyl (C=O) groups excluding carboxylic acids is 2. The lowest BCUT2D eigenvalue weighted by Crippen LogP contribution is -2.59. The number of ketones is 1. The Morgan fingerprint density at radius 1 is 1.00 bits per heavy atom. The van der Waals surface area contributed by atoms with Crippen LogP contribution in [0.4, 0.5) is 0 Å². The summed E-state index contributed by atoms with van der Waals surface area (Å²) in [5, 5.41) is 50.2. The highest BCUT2D eigenvalue weighted by molar-refractivity contribution is 5.98. The number of ether oxygens (including phenoxy) is 3. The van der Waals surface area contributed by atoms with E-state index in [1.165, 1.54) is 5.57 Å². The fraction of sp³-hybridized carbons (Fsp3) is 0.818. The van der Waals surface area contributed by atoms with Gasteiger partial charge < -0.3 is 39.7 Å². The number of aliphatic hydroxyl groups is 5. The lowest BCUT2D eigenvalue weighted by Gasteiger charge is -2.53. The van der Waals surface area contributed by atoms with Gasteiger partial charge in [0, 0.05) is 18.4 Å². The molecule has 0 aromatic rings. The minimum absolute atomic E-state index is 0.0126. The summed E-state index contributed by atoms with van der Waals surface area (Å²) in [6.07, 6.45) is -0.133. The Morgan fingerprint density at radius 3 is 2.51 bits per heavy atom. The third-order valence-electron chi connectivity index (χ3n) is 12.3. The zero-order valence-corrected chi connectivity index (χ0v) is 25.5. The molecule has 13 atom stereocenters. The normalized spacial score (nSPS) is 45.8. The van der Waals surface area contributed by atoms with E-state index in [0.717, 1.165) is 49.7 Å². The van der Waals surface area contributed by atoms with Crippen molar-refractivity contribution in [2.24, 2.45) is 35.0 Å². The molecule has 13 unspecified atom stereocenters. The molecule has 43 heavy (non-hydrogen) atoms. The van der Waals surface area contributed by atoms with Gasteiger partial charge in [0.25, 0.3) is 0 Å². The summed E-state index contributed by atoms with van der Waals surface area (Å²) in [6, 6.07) is 0. The average molecular weight is 605 g/mol. The van der Waals surface area contributed by atoms with Crippen molar-refractivity contribution < 1.29 is 49.3 Å². The lowest BCUT2D eigenvalue weighted by molar-refractivity contribution is -0.299. The van der Waals surface area contributed by atoms with E-state index in [1.807, 2.05) is 0 Å². The molecule has 240 valence electrons. The van der Waals surface area contributed by atoms with Gasteiger partial charge in [0.1, 0.15) is 30.5 Å². The molecule has 5 N–H and O–H groups in total. The molecule has 1 saturated heterocycles. The molecule has 0 amide bonds. The Balaban J connectivity index is 1.13. The number of hydrogen-bond acceptors (Lipinski definition) is 10. The number of Topliss-reactive ketones (excluding diaryl/α,β-unsaturated/α-hetero) is 1. The fourth-order valence-corrected chi connectivity index (χ4v) is 9.90. The molecule has 0 bridgehead atoms. The van der Waals surface area contributed by atoms with E-state index in [0.29, 0.717) is 42.1 Å². The number of esters is 1. The van der Waals surface area contributed by atoms with Crippen LogP contribution in [0, 0.1) is 35.0 Å². The molecular weight excluding hydrogens is 556 g/mol.